The third-order valence-electron chi connectivity index (χ3n) is 12.2. The van der Waals surface area contributed by atoms with E-state index >= 15 is 0 Å². The lowest BCUT2D eigenvalue weighted by Crippen LogP contribution is -2.66. The lowest BCUT2D eigenvalue weighted by Gasteiger charge is -2.52. The molecule has 2 aromatic carbocycles. The van der Waals surface area contributed by atoms with Gasteiger partial charge in [0.1, 0.15) is 24.7 Å². The SMILES string of the molecule is CC(C)C[C@H](N)/C=C/[C@H](Cc1ccccc1)C(=O)N1CCC[C@H]1C(=O)N[C@H](C(=O)N[C@@H](CCCNC(=O)OCc1ccccc1)C(=O)NC1CC(C)(C)N(OC(=O)C(F)(F)F)C(C)(C)C1)C(C)C. The minimum absolute atomic E-state index is 0.0339. The number of carbonyl (C=O) groups excluding carboxylic acids is 6. The Morgan fingerprint density at radius 1 is 0.853 bits per heavy atom. The van der Waals surface area contributed by atoms with Gasteiger partial charge in [0.2, 0.25) is 23.6 Å². The number of piperidine rings is 1. The van der Waals surface area contributed by atoms with E-state index in [1.165, 1.54) is 0 Å². The summed E-state index contributed by atoms with van der Waals surface area (Å²) in [6.45, 7) is 14.5. The number of carbonyl (C=O) groups is 6. The number of benzene rings is 2. The Labute approximate surface area is 398 Å². The molecule has 0 aromatic heterocycles. The Hall–Kier alpha value is -5.49. The highest BCUT2D eigenvalue weighted by Gasteiger charge is 2.52. The number of hydrogen-bond donors (Lipinski definition) is 5. The molecule has 2 aliphatic rings. The monoisotopic (exact) mass is 956 g/mol. The molecule has 376 valence electrons. The maximum absolute atomic E-state index is 14.3. The van der Waals surface area contributed by atoms with Crippen LogP contribution in [0.15, 0.2) is 72.8 Å². The van der Waals surface area contributed by atoms with Gasteiger partial charge in [0.15, 0.2) is 0 Å². The van der Waals surface area contributed by atoms with Gasteiger partial charge in [0.25, 0.3) is 0 Å². The minimum Gasteiger partial charge on any atom is -0.445 e. The van der Waals surface area contributed by atoms with E-state index in [-0.39, 0.29) is 50.8 Å². The van der Waals surface area contributed by atoms with Crippen LogP contribution in [-0.2, 0) is 46.6 Å². The third-order valence-corrected chi connectivity index (χ3v) is 12.2. The number of nitrogens with one attached hydrogen (secondary N) is 4. The highest BCUT2D eigenvalue weighted by Crippen LogP contribution is 2.39. The van der Waals surface area contributed by atoms with E-state index in [2.05, 4.69) is 35.1 Å². The van der Waals surface area contributed by atoms with E-state index in [0.717, 1.165) is 22.6 Å². The van der Waals surface area contributed by atoms with Gasteiger partial charge in [-0.3, -0.25) is 19.2 Å². The van der Waals surface area contributed by atoms with Crippen molar-refractivity contribution in [2.75, 3.05) is 13.1 Å². The van der Waals surface area contributed by atoms with Crippen molar-refractivity contribution in [1.82, 2.24) is 31.2 Å². The van der Waals surface area contributed by atoms with E-state index in [1.807, 2.05) is 72.8 Å². The average Bonchev–Trinajstić information content (AvgIpc) is 3.75. The standard InChI is InChI=1S/C50H72F3N7O8/c1-32(2)27-37(54)24-23-36(28-34-17-11-9-12-18-34)45(64)59-26-16-22-40(59)43(62)58-41(33(3)4)44(63)57-39(21-15-25-55-47(66)67-31-35-19-13-10-14-20-35)42(61)56-38-29-48(5,6)60(49(7,8)30-38)68-46(65)50(51,52)53/h9-14,17-20,23-24,32-33,36-41H,15-16,21-22,25-31,54H2,1-8H3,(H,55,66)(H,56,61)(H,57,63)(H,58,62)/b24-23+/t36-,37-,39+,40+,41+/m1/s1. The van der Waals surface area contributed by atoms with Crippen molar-refractivity contribution < 1.29 is 51.5 Å². The fraction of sp³-hybridized carbons (Fsp3) is 0.600. The Kier molecular flexibility index (Phi) is 20.0. The zero-order valence-electron chi connectivity index (χ0n) is 40.7. The third kappa shape index (κ3) is 16.6. The predicted molar refractivity (Wildman–Crippen MR) is 251 cm³/mol. The van der Waals surface area contributed by atoms with E-state index in [9.17, 15) is 41.9 Å². The van der Waals surface area contributed by atoms with Crippen LogP contribution >= 0.6 is 0 Å². The van der Waals surface area contributed by atoms with Crippen molar-refractivity contribution in [1.29, 1.82) is 0 Å². The summed E-state index contributed by atoms with van der Waals surface area (Å²) in [6.07, 6.45) is 0.291. The summed E-state index contributed by atoms with van der Waals surface area (Å²) >= 11 is 0. The van der Waals surface area contributed by atoms with Crippen LogP contribution in [0.2, 0.25) is 0 Å². The number of hydrogen-bond acceptors (Lipinski definition) is 10. The second kappa shape index (κ2) is 24.7. The minimum atomic E-state index is -5.22. The number of hydroxylamine groups is 2. The van der Waals surface area contributed by atoms with Gasteiger partial charge < -0.3 is 41.5 Å². The summed E-state index contributed by atoms with van der Waals surface area (Å²) in [5, 5.41) is 12.3. The highest BCUT2D eigenvalue weighted by atomic mass is 19.4. The molecule has 4 rings (SSSR count). The van der Waals surface area contributed by atoms with Crippen molar-refractivity contribution in [3.63, 3.8) is 0 Å². The van der Waals surface area contributed by atoms with E-state index in [1.54, 1.807) is 46.4 Å². The van der Waals surface area contributed by atoms with Gasteiger partial charge in [-0.15, -0.1) is 5.06 Å². The normalized spacial score (nSPS) is 19.2. The second-order valence-corrected chi connectivity index (χ2v) is 20.0. The van der Waals surface area contributed by atoms with Crippen molar-refractivity contribution in [2.24, 2.45) is 23.5 Å². The zero-order valence-corrected chi connectivity index (χ0v) is 40.7. The molecule has 5 amide bonds. The molecular weight excluding hydrogens is 884 g/mol. The number of amides is 5. The fourth-order valence-electron chi connectivity index (χ4n) is 9.16. The molecule has 0 spiro atoms. The van der Waals surface area contributed by atoms with Crippen LogP contribution < -0.4 is 27.0 Å². The predicted octanol–water partition coefficient (Wildman–Crippen LogP) is 6.26. The van der Waals surface area contributed by atoms with Crippen LogP contribution in [0.3, 0.4) is 0 Å². The molecule has 0 aliphatic carbocycles. The highest BCUT2D eigenvalue weighted by molar-refractivity contribution is 5.95. The summed E-state index contributed by atoms with van der Waals surface area (Å²) in [6, 6.07) is 14.6. The first kappa shape index (κ1) is 55.1. The summed E-state index contributed by atoms with van der Waals surface area (Å²) in [5.74, 6) is -5.05. The van der Waals surface area contributed by atoms with Crippen LogP contribution in [-0.4, -0.2) is 106 Å². The summed E-state index contributed by atoms with van der Waals surface area (Å²) in [4.78, 5) is 87.8. The summed E-state index contributed by atoms with van der Waals surface area (Å²) in [7, 11) is 0. The van der Waals surface area contributed by atoms with Gasteiger partial charge in [-0.25, -0.2) is 9.59 Å². The molecule has 5 atom stereocenters. The number of rotatable bonds is 21. The Balaban J connectivity index is 1.49. The number of likely N-dealkylation sites (tertiary alicyclic amines) is 1. The van der Waals surface area contributed by atoms with Gasteiger partial charge in [-0.1, -0.05) is 101 Å². The summed E-state index contributed by atoms with van der Waals surface area (Å²) < 4.78 is 45.0. The summed E-state index contributed by atoms with van der Waals surface area (Å²) in [5.41, 5.74) is 5.79. The van der Waals surface area contributed by atoms with Crippen molar-refractivity contribution >= 4 is 35.7 Å². The molecule has 68 heavy (non-hydrogen) atoms. The topological polar surface area (TPSA) is 201 Å². The molecule has 0 saturated carbocycles. The largest absolute Gasteiger partial charge is 0.492 e. The van der Waals surface area contributed by atoms with Crippen molar-refractivity contribution in [3.8, 4) is 0 Å². The van der Waals surface area contributed by atoms with E-state index in [4.69, 9.17) is 15.3 Å². The molecule has 0 radical (unpaired) electrons. The molecule has 2 fully saturated rings. The molecule has 2 aliphatic heterocycles. The van der Waals surface area contributed by atoms with Crippen molar-refractivity contribution in [3.05, 3.63) is 83.9 Å². The first-order chi connectivity index (χ1) is 31.9. The maximum atomic E-state index is 14.3. The number of alkyl halides is 3. The molecule has 2 heterocycles. The zero-order chi connectivity index (χ0) is 50.4. The first-order valence-electron chi connectivity index (χ1n) is 23.6. The molecule has 18 heteroatoms. The van der Waals surface area contributed by atoms with Gasteiger partial charge >= 0.3 is 18.2 Å². The van der Waals surface area contributed by atoms with Crippen molar-refractivity contribution in [2.45, 2.75) is 161 Å². The van der Waals surface area contributed by atoms with E-state index in [0.29, 0.717) is 31.7 Å². The van der Waals surface area contributed by atoms with Crippen LogP contribution in [0.25, 0.3) is 0 Å². The lowest BCUT2D eigenvalue weighted by atomic mass is 9.79. The number of nitrogens with zero attached hydrogens (tertiary/aromatic N) is 2. The quantitative estimate of drug-likeness (QED) is 0.0703. The Morgan fingerprint density at radius 3 is 2.03 bits per heavy atom. The molecule has 2 aromatic rings. The maximum Gasteiger partial charge on any atom is 0.492 e. The van der Waals surface area contributed by atoms with Gasteiger partial charge in [-0.2, -0.15) is 13.2 Å². The average molecular weight is 956 g/mol. The lowest BCUT2D eigenvalue weighted by molar-refractivity contribution is -0.292. The smallest absolute Gasteiger partial charge is 0.445 e. The van der Waals surface area contributed by atoms with Crippen LogP contribution in [0.4, 0.5) is 18.0 Å². The van der Waals surface area contributed by atoms with Crippen LogP contribution in [0.5, 0.6) is 0 Å². The Bertz CT molecular complexity index is 2010. The molecular formula is C50H72F3N7O8. The number of halogens is 3. The number of nitrogens with two attached hydrogens (primary N) is 1. The number of alkyl carbamates (subject to hydrolysis) is 1. The molecule has 6 N–H and O–H groups in total. The molecule has 0 unspecified atom stereocenters. The van der Waals surface area contributed by atoms with Crippen LogP contribution in [0.1, 0.15) is 111 Å². The van der Waals surface area contributed by atoms with Gasteiger partial charge in [0, 0.05) is 25.2 Å². The molecule has 2 saturated heterocycles. The van der Waals surface area contributed by atoms with Crippen LogP contribution in [0, 0.1) is 17.8 Å². The second-order valence-electron chi connectivity index (χ2n) is 20.0. The van der Waals surface area contributed by atoms with Gasteiger partial charge in [-0.05, 0) is 102 Å². The van der Waals surface area contributed by atoms with Gasteiger partial charge in [0.05, 0.1) is 17.0 Å². The molecule has 15 nitrogen and oxygen atoms in total. The van der Waals surface area contributed by atoms with E-state index < -0.39 is 83.0 Å². The molecule has 0 bridgehead atoms. The Morgan fingerprint density at radius 2 is 1.46 bits per heavy atom. The first-order valence-corrected chi connectivity index (χ1v) is 23.6. The fourth-order valence-corrected chi connectivity index (χ4v) is 9.16. The number of ether oxygens (including phenoxy) is 1.